The maximum Gasteiger partial charge on any atom is -0.00259 e. The molecular formula is C144H92. The van der Waals surface area contributed by atoms with Crippen LogP contribution >= 0.6 is 0 Å². The van der Waals surface area contributed by atoms with E-state index >= 15 is 0 Å². The fourth-order valence-corrected chi connectivity index (χ4v) is 23.1. The molecule has 29 rings (SSSR count). The smallest absolute Gasteiger partial charge is 0.00259 e. The second-order valence-corrected chi connectivity index (χ2v) is 38.3. The van der Waals surface area contributed by atoms with Gasteiger partial charge >= 0.3 is 0 Å². The molecule has 0 aliphatic carbocycles. The first-order valence-corrected chi connectivity index (χ1v) is 49.9. The highest BCUT2D eigenvalue weighted by molar-refractivity contribution is 6.27. The second kappa shape index (κ2) is 35.9. The van der Waals surface area contributed by atoms with Gasteiger partial charge in [0.1, 0.15) is 0 Å². The van der Waals surface area contributed by atoms with Gasteiger partial charge in [-0.05, 0) is 351 Å². The van der Waals surface area contributed by atoms with Crippen LogP contribution < -0.4 is 0 Å². The van der Waals surface area contributed by atoms with Gasteiger partial charge < -0.3 is 0 Å². The van der Waals surface area contributed by atoms with Crippen LogP contribution in [-0.2, 0) is 0 Å². The van der Waals surface area contributed by atoms with Crippen molar-refractivity contribution in [3.63, 3.8) is 0 Å². The summed E-state index contributed by atoms with van der Waals surface area (Å²) >= 11 is 0. The average molecular weight is 1820 g/mol. The minimum absolute atomic E-state index is 1.21. The SMILES string of the molecule is c1cc(-c2ccc3c(-c4ccc5ccccc5c4)c4ccccc4c(-c4ccc5ccccc5c4)c3c2)cc(-c2cccc3ccccc23)c1.c1ccc(-c2cccc3ccccc23)c(-c2ccc3c(-c4ccc5ccccc5c4)c4ccccc4c(-c4ccc5ccccc5c4)c3c2)c1.c1ccc2cc(-c3ccc4c(-c5ccc6ccccc6c5)c5ccccc5c(-c5ccc6ccccc6c5)c4c3)ccc2c1. The molecule has 0 aliphatic heterocycles. The predicted molar refractivity (Wildman–Crippen MR) is 622 cm³/mol. The van der Waals surface area contributed by atoms with Crippen molar-refractivity contribution >= 4 is 162 Å². The van der Waals surface area contributed by atoms with Crippen LogP contribution in [0.3, 0.4) is 0 Å². The molecule has 0 aliphatic rings. The van der Waals surface area contributed by atoms with Crippen molar-refractivity contribution in [2.75, 3.05) is 0 Å². The molecule has 0 aromatic heterocycles. The van der Waals surface area contributed by atoms with Crippen LogP contribution in [0.5, 0.6) is 0 Å². The summed E-state index contributed by atoms with van der Waals surface area (Å²) in [6.07, 6.45) is 0. The first-order valence-electron chi connectivity index (χ1n) is 49.9. The van der Waals surface area contributed by atoms with Crippen molar-refractivity contribution in [3.05, 3.63) is 558 Å². The van der Waals surface area contributed by atoms with E-state index in [1.165, 1.54) is 284 Å². The molecule has 0 amide bonds. The highest BCUT2D eigenvalue weighted by Gasteiger charge is 2.25. The van der Waals surface area contributed by atoms with Crippen molar-refractivity contribution < 1.29 is 0 Å². The highest BCUT2D eigenvalue weighted by Crippen LogP contribution is 2.52. The number of hydrogen-bond donors (Lipinski definition) is 0. The summed E-state index contributed by atoms with van der Waals surface area (Å²) in [4.78, 5) is 0. The van der Waals surface area contributed by atoms with Gasteiger partial charge in [-0.25, -0.2) is 0 Å². The first kappa shape index (κ1) is 84.6. The molecular weight excluding hydrogens is 1730 g/mol. The van der Waals surface area contributed by atoms with Gasteiger partial charge in [-0.3, -0.25) is 0 Å². The van der Waals surface area contributed by atoms with Crippen LogP contribution in [0.4, 0.5) is 0 Å². The number of benzene rings is 29. The average Bonchev–Trinajstić information content (AvgIpc) is 0.729. The van der Waals surface area contributed by atoms with E-state index in [4.69, 9.17) is 0 Å². The maximum absolute atomic E-state index is 2.45. The molecule has 0 N–H and O–H groups in total. The molecule has 0 nitrogen and oxygen atoms in total. The predicted octanol–water partition coefficient (Wildman–Crippen LogP) is 40.7. The summed E-state index contributed by atoms with van der Waals surface area (Å²) in [6, 6.07) is 205. The third-order valence-electron chi connectivity index (χ3n) is 30.0. The molecule has 0 spiro atoms. The first-order chi connectivity index (χ1) is 71.4. The summed E-state index contributed by atoms with van der Waals surface area (Å²) in [7, 11) is 0. The topological polar surface area (TPSA) is 0 Å². The molecule has 0 fully saturated rings. The van der Waals surface area contributed by atoms with Crippen LogP contribution in [0.2, 0.25) is 0 Å². The molecule has 0 saturated carbocycles. The molecule has 0 heteroatoms. The lowest BCUT2D eigenvalue weighted by Gasteiger charge is -2.20. The van der Waals surface area contributed by atoms with Gasteiger partial charge in [-0.15, -0.1) is 0 Å². The summed E-state index contributed by atoms with van der Waals surface area (Å²) in [5.41, 5.74) is 27.4. The van der Waals surface area contributed by atoms with Crippen molar-refractivity contribution in [1.82, 2.24) is 0 Å². The second-order valence-electron chi connectivity index (χ2n) is 38.3. The minimum atomic E-state index is 1.21. The Morgan fingerprint density at radius 1 is 0.0694 bits per heavy atom. The van der Waals surface area contributed by atoms with Crippen molar-refractivity contribution in [3.8, 4) is 122 Å². The number of rotatable bonds is 11. The van der Waals surface area contributed by atoms with Gasteiger partial charge in [0.2, 0.25) is 0 Å². The molecule has 29 aromatic rings. The van der Waals surface area contributed by atoms with E-state index in [2.05, 4.69) is 558 Å². The van der Waals surface area contributed by atoms with Crippen molar-refractivity contribution in [2.24, 2.45) is 0 Å². The zero-order valence-corrected chi connectivity index (χ0v) is 79.1. The summed E-state index contributed by atoms with van der Waals surface area (Å²) in [5, 5.41) is 37.8. The monoisotopic (exact) mass is 1820 g/mol. The van der Waals surface area contributed by atoms with Gasteiger partial charge in [0.15, 0.2) is 0 Å². The number of hydrogen-bond acceptors (Lipinski definition) is 0. The zero-order chi connectivity index (χ0) is 95.1. The van der Waals surface area contributed by atoms with Crippen molar-refractivity contribution in [2.45, 2.75) is 0 Å². The zero-order valence-electron chi connectivity index (χ0n) is 79.1. The molecule has 0 heterocycles. The van der Waals surface area contributed by atoms with E-state index in [-0.39, 0.29) is 0 Å². The Morgan fingerprint density at radius 2 is 0.250 bits per heavy atom. The van der Waals surface area contributed by atoms with Crippen LogP contribution in [-0.4, -0.2) is 0 Å². The van der Waals surface area contributed by atoms with E-state index in [0.29, 0.717) is 0 Å². The van der Waals surface area contributed by atoms with E-state index in [9.17, 15) is 0 Å². The Labute approximate surface area is 835 Å². The number of fused-ring (bicyclic) bond motifs is 15. The van der Waals surface area contributed by atoms with Crippen LogP contribution in [0, 0.1) is 0 Å². The molecule has 0 radical (unpaired) electrons. The molecule has 668 valence electrons. The Kier molecular flexibility index (Phi) is 21.1. The Bertz CT molecular complexity index is 10200. The van der Waals surface area contributed by atoms with Gasteiger partial charge in [0.25, 0.3) is 0 Å². The van der Waals surface area contributed by atoms with Crippen molar-refractivity contribution in [1.29, 1.82) is 0 Å². The molecule has 0 unspecified atom stereocenters. The van der Waals surface area contributed by atoms with E-state index in [1.54, 1.807) is 0 Å². The normalized spacial score (nSPS) is 11.6. The third-order valence-corrected chi connectivity index (χ3v) is 30.0. The van der Waals surface area contributed by atoms with Crippen LogP contribution in [0.25, 0.3) is 284 Å². The fourth-order valence-electron chi connectivity index (χ4n) is 23.1. The maximum atomic E-state index is 2.45. The van der Waals surface area contributed by atoms with Gasteiger partial charge in [-0.2, -0.15) is 0 Å². The lowest BCUT2D eigenvalue weighted by Crippen LogP contribution is -1.93. The Hall–Kier alpha value is -18.7. The molecule has 144 heavy (non-hydrogen) atoms. The molecule has 0 bridgehead atoms. The van der Waals surface area contributed by atoms with E-state index in [1.807, 2.05) is 0 Å². The lowest BCUT2D eigenvalue weighted by molar-refractivity contribution is 1.61. The minimum Gasteiger partial charge on any atom is -0.0616 e. The Balaban J connectivity index is 0.000000108. The largest absolute Gasteiger partial charge is 0.0616 e. The van der Waals surface area contributed by atoms with E-state index < -0.39 is 0 Å². The van der Waals surface area contributed by atoms with Crippen LogP contribution in [0.15, 0.2) is 558 Å². The lowest BCUT2D eigenvalue weighted by atomic mass is 9.83. The summed E-state index contributed by atoms with van der Waals surface area (Å²) < 4.78 is 0. The molecule has 29 aromatic carbocycles. The Morgan fingerprint density at radius 3 is 0.583 bits per heavy atom. The third kappa shape index (κ3) is 15.2. The molecule has 0 atom stereocenters. The standard InChI is InChI=1S/2C50H32.C44H28/c1-3-14-36-30-41(25-23-33(36)11-1)49-45-20-7-8-21-46(45)50(42-26-24-34-12-2-4-15-37(34)31-42)48-32-39(27-28-47(48)49)38-17-9-18-40(29-38)44-22-10-16-35-13-5-6-19-43(35)44;1-3-15-36-30-39(26-24-33(36)12-1)49-45-21-9-10-22-46(45)50(40-27-25-34-13-2-4-16-37(34)31-40)48-32-38(28-29-47(48)49)42-19-7-8-20-43(42)44-23-11-17-35-14-5-6-18-41(35)44;1-4-12-32-25-35(20-17-29(32)9-1)36-23-24-41-42(28-36)44(38-22-19-31-11-3-6-14-34(31)27-38)40-16-8-7-15-39(40)43(41)37-21-18-30-10-2-5-13-33(30)26-37/h2*1-32H;1-28H. The summed E-state index contributed by atoms with van der Waals surface area (Å²) in [6.45, 7) is 0. The van der Waals surface area contributed by atoms with E-state index in [0.717, 1.165) is 0 Å². The fraction of sp³-hybridized carbons (Fsp3) is 0. The van der Waals surface area contributed by atoms with Crippen LogP contribution in [0.1, 0.15) is 0 Å². The van der Waals surface area contributed by atoms with Gasteiger partial charge in [-0.1, -0.05) is 491 Å². The molecule has 0 saturated heterocycles. The summed E-state index contributed by atoms with van der Waals surface area (Å²) in [5.74, 6) is 0. The van der Waals surface area contributed by atoms with Gasteiger partial charge in [0.05, 0.1) is 0 Å². The highest BCUT2D eigenvalue weighted by atomic mass is 14.3. The van der Waals surface area contributed by atoms with Gasteiger partial charge in [0, 0.05) is 0 Å². The quantitative estimate of drug-likeness (QED) is 0.113.